The third-order valence-electron chi connectivity index (χ3n) is 3.34. The van der Waals surface area contributed by atoms with Crippen LogP contribution >= 0.6 is 22.6 Å². The molecule has 1 aromatic carbocycles. The molecule has 1 atom stereocenters. The molecule has 0 aromatic heterocycles. The zero-order chi connectivity index (χ0) is 13.8. The van der Waals surface area contributed by atoms with E-state index >= 15 is 0 Å². The Hall–Kier alpha value is -1.04. The third kappa shape index (κ3) is 2.94. The van der Waals surface area contributed by atoms with E-state index in [1.165, 1.54) is 0 Å². The second-order valence-electron chi connectivity index (χ2n) is 4.50. The number of alkyl halides is 1. The van der Waals surface area contributed by atoms with Gasteiger partial charge in [0, 0.05) is 28.3 Å². The average Bonchev–Trinajstić information content (AvgIpc) is 2.77. The summed E-state index contributed by atoms with van der Waals surface area (Å²) < 4.78 is 6.13. The van der Waals surface area contributed by atoms with Gasteiger partial charge in [0.15, 0.2) is 0 Å². The number of carbonyl (C=O) groups is 1. The molecule has 19 heavy (non-hydrogen) atoms. The molecule has 1 unspecified atom stereocenters. The molecule has 1 aliphatic rings. The molecule has 0 bridgehead atoms. The van der Waals surface area contributed by atoms with E-state index in [1.807, 2.05) is 32.0 Å². The van der Waals surface area contributed by atoms with Crippen LogP contribution in [0.3, 0.4) is 0 Å². The predicted molar refractivity (Wildman–Crippen MR) is 85.5 cm³/mol. The maximum absolute atomic E-state index is 12.0. The molecule has 0 amide bonds. The van der Waals surface area contributed by atoms with Gasteiger partial charge in [0.05, 0.1) is 12.2 Å². The molecule has 0 N–H and O–H groups in total. The van der Waals surface area contributed by atoms with Crippen LogP contribution in [0.25, 0.3) is 0 Å². The van der Waals surface area contributed by atoms with Crippen LogP contribution in [0, 0.1) is 0 Å². The Kier molecular flexibility index (Phi) is 4.85. The molecule has 4 heteroatoms. The molecule has 0 fully saturated rings. The van der Waals surface area contributed by atoms with Crippen LogP contribution in [-0.2, 0) is 9.53 Å². The Balaban J connectivity index is 2.33. The van der Waals surface area contributed by atoms with Crippen LogP contribution in [0.4, 0.5) is 5.69 Å². The number of rotatable bonds is 4. The van der Waals surface area contributed by atoms with Gasteiger partial charge in [0.1, 0.15) is 0 Å². The van der Waals surface area contributed by atoms with Crippen LogP contribution in [0.15, 0.2) is 41.6 Å². The molecule has 1 heterocycles. The SMILES string of the molecule is CCOC(=O)C1=C(C)N(c2ccccc2)C(CI)C1. The number of esters is 1. The lowest BCUT2D eigenvalue weighted by Gasteiger charge is -2.27. The van der Waals surface area contributed by atoms with Crippen LogP contribution in [0.2, 0.25) is 0 Å². The summed E-state index contributed by atoms with van der Waals surface area (Å²) in [5, 5.41) is 0. The summed E-state index contributed by atoms with van der Waals surface area (Å²) in [6.45, 7) is 4.27. The Morgan fingerprint density at radius 2 is 2.11 bits per heavy atom. The molecule has 1 aliphatic heterocycles. The number of hydrogen-bond donors (Lipinski definition) is 0. The van der Waals surface area contributed by atoms with E-state index < -0.39 is 0 Å². The summed E-state index contributed by atoms with van der Waals surface area (Å²) in [7, 11) is 0. The number of ether oxygens (including phenoxy) is 1. The van der Waals surface area contributed by atoms with E-state index in [0.717, 1.165) is 27.8 Å². The van der Waals surface area contributed by atoms with E-state index in [-0.39, 0.29) is 5.97 Å². The van der Waals surface area contributed by atoms with Gasteiger partial charge < -0.3 is 9.64 Å². The van der Waals surface area contributed by atoms with Gasteiger partial charge in [-0.2, -0.15) is 0 Å². The van der Waals surface area contributed by atoms with Gasteiger partial charge in [0.2, 0.25) is 0 Å². The maximum Gasteiger partial charge on any atom is 0.335 e. The molecule has 0 saturated heterocycles. The highest BCUT2D eigenvalue weighted by molar-refractivity contribution is 14.1. The maximum atomic E-state index is 12.0. The zero-order valence-corrected chi connectivity index (χ0v) is 13.4. The highest BCUT2D eigenvalue weighted by Crippen LogP contribution is 2.34. The first-order valence-corrected chi connectivity index (χ1v) is 7.98. The molecule has 3 nitrogen and oxygen atoms in total. The number of hydrogen-bond acceptors (Lipinski definition) is 3. The molecule has 102 valence electrons. The lowest BCUT2D eigenvalue weighted by atomic mass is 10.1. The van der Waals surface area contributed by atoms with Crippen molar-refractivity contribution in [1.82, 2.24) is 0 Å². The van der Waals surface area contributed by atoms with E-state index in [2.05, 4.69) is 39.6 Å². The lowest BCUT2D eigenvalue weighted by molar-refractivity contribution is -0.138. The van der Waals surface area contributed by atoms with Crippen molar-refractivity contribution in [2.24, 2.45) is 0 Å². The van der Waals surface area contributed by atoms with Gasteiger partial charge in [-0.25, -0.2) is 4.79 Å². The molecule has 0 radical (unpaired) electrons. The fourth-order valence-electron chi connectivity index (χ4n) is 2.46. The number of benzene rings is 1. The summed E-state index contributed by atoms with van der Waals surface area (Å²) in [6.07, 6.45) is 0.766. The van der Waals surface area contributed by atoms with Gasteiger partial charge in [-0.15, -0.1) is 0 Å². The minimum atomic E-state index is -0.173. The Morgan fingerprint density at radius 1 is 1.42 bits per heavy atom. The second kappa shape index (κ2) is 6.41. The van der Waals surface area contributed by atoms with Crippen molar-refractivity contribution < 1.29 is 9.53 Å². The van der Waals surface area contributed by atoms with Crippen molar-refractivity contribution in [3.8, 4) is 0 Å². The number of para-hydroxylation sites is 1. The summed E-state index contributed by atoms with van der Waals surface area (Å²) in [6, 6.07) is 10.5. The normalized spacial score (nSPS) is 18.9. The minimum absolute atomic E-state index is 0.173. The van der Waals surface area contributed by atoms with Gasteiger partial charge in [-0.3, -0.25) is 0 Å². The van der Waals surface area contributed by atoms with Gasteiger partial charge >= 0.3 is 5.97 Å². The standard InChI is InChI=1S/C15H18INO2/c1-3-19-15(18)14-9-13(10-16)17(11(14)2)12-7-5-4-6-8-12/h4-8,13H,3,9-10H2,1-2H3. The average molecular weight is 371 g/mol. The predicted octanol–water partition coefficient (Wildman–Crippen LogP) is 3.54. The van der Waals surface area contributed by atoms with Crippen LogP contribution in [0.5, 0.6) is 0 Å². The van der Waals surface area contributed by atoms with E-state index in [0.29, 0.717) is 12.6 Å². The van der Waals surface area contributed by atoms with Crippen molar-refractivity contribution in [2.45, 2.75) is 26.3 Å². The Labute approximate surface area is 127 Å². The molecule has 2 rings (SSSR count). The lowest BCUT2D eigenvalue weighted by Crippen LogP contribution is -2.30. The van der Waals surface area contributed by atoms with Crippen molar-refractivity contribution in [3.63, 3.8) is 0 Å². The van der Waals surface area contributed by atoms with Crippen molar-refractivity contribution >= 4 is 34.2 Å². The highest BCUT2D eigenvalue weighted by atomic mass is 127. The smallest absolute Gasteiger partial charge is 0.335 e. The molecular formula is C15H18INO2. The molecule has 0 spiro atoms. The van der Waals surface area contributed by atoms with Crippen LogP contribution in [-0.4, -0.2) is 23.0 Å². The van der Waals surface area contributed by atoms with Crippen molar-refractivity contribution in [2.75, 3.05) is 15.9 Å². The van der Waals surface area contributed by atoms with Crippen molar-refractivity contribution in [3.05, 3.63) is 41.6 Å². The van der Waals surface area contributed by atoms with E-state index in [9.17, 15) is 4.79 Å². The molecule has 0 saturated carbocycles. The second-order valence-corrected chi connectivity index (χ2v) is 5.38. The first kappa shape index (κ1) is 14.4. The van der Waals surface area contributed by atoms with Gasteiger partial charge in [-0.05, 0) is 26.0 Å². The van der Waals surface area contributed by atoms with Crippen LogP contribution < -0.4 is 4.90 Å². The van der Waals surface area contributed by atoms with Gasteiger partial charge in [0.25, 0.3) is 0 Å². The summed E-state index contributed by atoms with van der Waals surface area (Å²) >= 11 is 2.38. The van der Waals surface area contributed by atoms with E-state index in [1.54, 1.807) is 0 Å². The monoisotopic (exact) mass is 371 g/mol. The number of allylic oxidation sites excluding steroid dienone is 1. The fraction of sp³-hybridized carbons (Fsp3) is 0.400. The molecule has 0 aliphatic carbocycles. The first-order chi connectivity index (χ1) is 9.19. The van der Waals surface area contributed by atoms with Gasteiger partial charge in [-0.1, -0.05) is 40.8 Å². The van der Waals surface area contributed by atoms with E-state index in [4.69, 9.17) is 4.74 Å². The molecular weight excluding hydrogens is 353 g/mol. The third-order valence-corrected chi connectivity index (χ3v) is 4.35. The topological polar surface area (TPSA) is 29.5 Å². The number of nitrogens with zero attached hydrogens (tertiary/aromatic N) is 1. The highest BCUT2D eigenvalue weighted by Gasteiger charge is 2.33. The largest absolute Gasteiger partial charge is 0.463 e. The number of carbonyl (C=O) groups excluding carboxylic acids is 1. The van der Waals surface area contributed by atoms with Crippen molar-refractivity contribution in [1.29, 1.82) is 0 Å². The minimum Gasteiger partial charge on any atom is -0.463 e. The fourth-order valence-corrected chi connectivity index (χ4v) is 3.17. The Morgan fingerprint density at radius 3 is 2.68 bits per heavy atom. The quantitative estimate of drug-likeness (QED) is 0.461. The molecule has 1 aromatic rings. The summed E-state index contributed by atoms with van der Waals surface area (Å²) in [5.41, 5.74) is 2.97. The number of anilines is 1. The first-order valence-electron chi connectivity index (χ1n) is 6.46. The number of halogens is 1. The Bertz CT molecular complexity index is 484. The summed E-state index contributed by atoms with van der Waals surface area (Å²) in [4.78, 5) is 14.2. The summed E-state index contributed by atoms with van der Waals surface area (Å²) in [5.74, 6) is -0.173. The zero-order valence-electron chi connectivity index (χ0n) is 11.2. The van der Waals surface area contributed by atoms with Crippen LogP contribution in [0.1, 0.15) is 20.3 Å².